The van der Waals surface area contributed by atoms with E-state index in [-0.39, 0.29) is 0 Å². The Morgan fingerprint density at radius 3 is 1.11 bits per heavy atom. The molecule has 0 aliphatic heterocycles. The summed E-state index contributed by atoms with van der Waals surface area (Å²) in [5, 5.41) is 7.71. The molecule has 3 heteroatoms. The first-order valence-corrected chi connectivity index (χ1v) is 20.9. The van der Waals surface area contributed by atoms with Gasteiger partial charge in [0.2, 0.25) is 0 Å². The molecule has 262 valence electrons. The molecule has 0 aromatic heterocycles. The third kappa shape index (κ3) is 6.41. The van der Waals surface area contributed by atoms with Gasteiger partial charge < -0.3 is 9.80 Å². The predicted molar refractivity (Wildman–Crippen MR) is 237 cm³/mol. The fraction of sp³-hybridized carbons (Fsp3) is 0. The average molecular weight is 721 g/mol. The van der Waals surface area contributed by atoms with Crippen LogP contribution in [0.25, 0.3) is 10.8 Å². The number of rotatable bonds is 10. The minimum atomic E-state index is -2.97. The zero-order chi connectivity index (χ0) is 36.9. The zero-order valence-electron chi connectivity index (χ0n) is 30.5. The summed E-state index contributed by atoms with van der Waals surface area (Å²) in [6.07, 6.45) is 0. The molecule has 0 atom stereocenters. The minimum absolute atomic E-state index is 1.12. The van der Waals surface area contributed by atoms with E-state index in [0.29, 0.717) is 0 Å². The highest BCUT2D eigenvalue weighted by Gasteiger charge is 2.42. The second-order valence-corrected chi connectivity index (χ2v) is 17.6. The molecule has 0 heterocycles. The van der Waals surface area contributed by atoms with Crippen LogP contribution in [0.5, 0.6) is 0 Å². The molecule has 9 aromatic carbocycles. The predicted octanol–water partition coefficient (Wildman–Crippen LogP) is 11.2. The van der Waals surface area contributed by atoms with Gasteiger partial charge in [0.1, 0.15) is 0 Å². The Morgan fingerprint density at radius 1 is 0.255 bits per heavy atom. The van der Waals surface area contributed by atoms with E-state index in [9.17, 15) is 0 Å². The first-order chi connectivity index (χ1) is 27.3. The summed E-state index contributed by atoms with van der Waals surface area (Å²) < 4.78 is 0. The van der Waals surface area contributed by atoms with Gasteiger partial charge in [-0.05, 0) is 92.9 Å². The maximum absolute atomic E-state index is 2.97. The third-order valence-electron chi connectivity index (χ3n) is 10.5. The molecule has 9 aromatic rings. The molecule has 0 saturated heterocycles. The lowest BCUT2D eigenvalue weighted by atomic mass is 10.1. The highest BCUT2D eigenvalue weighted by atomic mass is 28.3. The van der Waals surface area contributed by atoms with Gasteiger partial charge in [0, 0.05) is 33.8 Å². The van der Waals surface area contributed by atoms with Crippen LogP contribution in [0.2, 0.25) is 0 Å². The molecule has 0 spiro atoms. The van der Waals surface area contributed by atoms with Crippen molar-refractivity contribution < 1.29 is 0 Å². The first kappa shape index (κ1) is 33.9. The summed E-state index contributed by atoms with van der Waals surface area (Å²) in [6, 6.07) is 88.4. The van der Waals surface area contributed by atoms with Gasteiger partial charge in [-0.25, -0.2) is 0 Å². The Labute approximate surface area is 324 Å². The van der Waals surface area contributed by atoms with Gasteiger partial charge in [0.25, 0.3) is 0 Å². The highest BCUT2D eigenvalue weighted by Crippen LogP contribution is 2.39. The van der Waals surface area contributed by atoms with Crippen molar-refractivity contribution in [2.45, 2.75) is 0 Å². The molecule has 0 saturated carbocycles. The normalized spacial score (nSPS) is 11.3. The van der Waals surface area contributed by atoms with Crippen LogP contribution in [0.4, 0.5) is 34.1 Å². The molecule has 0 bridgehead atoms. The molecular weight excluding hydrogens is 681 g/mol. The quantitative estimate of drug-likeness (QED) is 0.103. The van der Waals surface area contributed by atoms with E-state index in [1.54, 1.807) is 0 Å². The van der Waals surface area contributed by atoms with Crippen LogP contribution >= 0.6 is 0 Å². The van der Waals surface area contributed by atoms with Gasteiger partial charge in [-0.15, -0.1) is 0 Å². The van der Waals surface area contributed by atoms with E-state index in [0.717, 1.165) is 34.1 Å². The summed E-state index contributed by atoms with van der Waals surface area (Å²) in [5.41, 5.74) is 6.75. The first-order valence-electron chi connectivity index (χ1n) is 18.9. The molecule has 0 aliphatic rings. The molecule has 0 N–H and O–H groups in total. The molecule has 55 heavy (non-hydrogen) atoms. The van der Waals surface area contributed by atoms with Crippen molar-refractivity contribution in [3.63, 3.8) is 0 Å². The average Bonchev–Trinajstić information content (AvgIpc) is 3.27. The minimum Gasteiger partial charge on any atom is -0.311 e. The Bertz CT molecular complexity index is 2560. The third-order valence-corrected chi connectivity index (χ3v) is 15.3. The topological polar surface area (TPSA) is 6.48 Å². The van der Waals surface area contributed by atoms with Crippen molar-refractivity contribution >= 4 is 73.7 Å². The molecule has 0 amide bonds. The van der Waals surface area contributed by atoms with Crippen LogP contribution in [-0.4, -0.2) is 8.07 Å². The van der Waals surface area contributed by atoms with Crippen molar-refractivity contribution in [2.24, 2.45) is 0 Å². The number of hydrogen-bond donors (Lipinski definition) is 0. The molecule has 0 unspecified atom stereocenters. The zero-order valence-corrected chi connectivity index (χ0v) is 31.5. The molecule has 9 rings (SSSR count). The van der Waals surface area contributed by atoms with E-state index < -0.39 is 8.07 Å². The summed E-state index contributed by atoms with van der Waals surface area (Å²) in [6.45, 7) is 0. The number of benzene rings is 9. The van der Waals surface area contributed by atoms with Crippen LogP contribution in [0.15, 0.2) is 243 Å². The molecule has 0 fully saturated rings. The van der Waals surface area contributed by atoms with E-state index in [1.165, 1.54) is 31.5 Å². The largest absolute Gasteiger partial charge is 0.311 e. The van der Waals surface area contributed by atoms with Gasteiger partial charge in [0.05, 0.1) is 5.69 Å². The second kappa shape index (κ2) is 15.2. The summed E-state index contributed by atoms with van der Waals surface area (Å²) >= 11 is 0. The van der Waals surface area contributed by atoms with E-state index >= 15 is 0 Å². The Kier molecular flexibility index (Phi) is 9.35. The van der Waals surface area contributed by atoms with Crippen LogP contribution in [0.1, 0.15) is 0 Å². The maximum Gasteiger partial charge on any atom is 0.179 e. The van der Waals surface area contributed by atoms with E-state index in [2.05, 4.69) is 252 Å². The van der Waals surface area contributed by atoms with Crippen LogP contribution in [-0.2, 0) is 0 Å². The van der Waals surface area contributed by atoms with Crippen molar-refractivity contribution in [2.75, 3.05) is 9.80 Å². The van der Waals surface area contributed by atoms with Crippen molar-refractivity contribution in [1.82, 2.24) is 0 Å². The standard InChI is InChI=1S/C52H40N2Si/c1-6-23-42(24-7-1)53(43-25-8-2-9-26-43)45-29-19-35-49(39-45)55(47-31-12-4-13-32-47,48-33-14-5-15-34-48)50-36-20-30-46(40-50)54(44-27-10-3-11-28-44)52-38-18-22-41-21-16-17-37-51(41)52/h1-40H. The number of anilines is 6. The van der Waals surface area contributed by atoms with Crippen molar-refractivity contribution in [1.29, 1.82) is 0 Å². The van der Waals surface area contributed by atoms with Crippen LogP contribution < -0.4 is 30.5 Å². The number of hydrogen-bond acceptors (Lipinski definition) is 2. The lowest BCUT2D eigenvalue weighted by Crippen LogP contribution is -2.74. The summed E-state index contributed by atoms with van der Waals surface area (Å²) in [5.74, 6) is 0. The Hall–Kier alpha value is -6.94. The number of nitrogens with zero attached hydrogens (tertiary/aromatic N) is 2. The van der Waals surface area contributed by atoms with Gasteiger partial charge in [0.15, 0.2) is 8.07 Å². The Balaban J connectivity index is 1.32. The van der Waals surface area contributed by atoms with Gasteiger partial charge in [-0.1, -0.05) is 176 Å². The molecule has 0 aliphatic carbocycles. The molecule has 0 radical (unpaired) electrons. The SMILES string of the molecule is c1ccc(N(c2ccccc2)c2cccc([Si](c3ccccc3)(c3ccccc3)c3cccc(N(c4ccccc4)c4cccc5ccccc45)c3)c2)cc1. The van der Waals surface area contributed by atoms with Gasteiger partial charge in [-0.2, -0.15) is 0 Å². The van der Waals surface area contributed by atoms with Gasteiger partial charge in [-0.3, -0.25) is 0 Å². The Morgan fingerprint density at radius 2 is 0.600 bits per heavy atom. The van der Waals surface area contributed by atoms with E-state index in [1.807, 2.05) is 0 Å². The highest BCUT2D eigenvalue weighted by molar-refractivity contribution is 7.20. The maximum atomic E-state index is 2.46. The molecule has 2 nitrogen and oxygen atoms in total. The van der Waals surface area contributed by atoms with Crippen molar-refractivity contribution in [3.05, 3.63) is 243 Å². The fourth-order valence-electron chi connectivity index (χ4n) is 8.14. The lowest BCUT2D eigenvalue weighted by Gasteiger charge is -2.36. The van der Waals surface area contributed by atoms with E-state index in [4.69, 9.17) is 0 Å². The lowest BCUT2D eigenvalue weighted by molar-refractivity contribution is 1.29. The fourth-order valence-corrected chi connectivity index (χ4v) is 12.9. The monoisotopic (exact) mass is 720 g/mol. The van der Waals surface area contributed by atoms with Gasteiger partial charge >= 0.3 is 0 Å². The van der Waals surface area contributed by atoms with Crippen molar-refractivity contribution in [3.8, 4) is 0 Å². The number of para-hydroxylation sites is 3. The summed E-state index contributed by atoms with van der Waals surface area (Å²) in [7, 11) is -2.97. The second-order valence-electron chi connectivity index (χ2n) is 13.8. The number of fused-ring (bicyclic) bond motifs is 1. The van der Waals surface area contributed by atoms with Crippen LogP contribution in [0, 0.1) is 0 Å². The smallest absolute Gasteiger partial charge is 0.179 e. The summed E-state index contributed by atoms with van der Waals surface area (Å²) in [4.78, 5) is 4.79. The molecular formula is C52H40N2Si. The van der Waals surface area contributed by atoms with Crippen LogP contribution in [0.3, 0.4) is 0 Å².